The number of hydrogen-bond donors (Lipinski definition) is 3. The summed E-state index contributed by atoms with van der Waals surface area (Å²) in [6, 6.07) is 5.88. The lowest BCUT2D eigenvalue weighted by molar-refractivity contribution is -0.116. The first kappa shape index (κ1) is 18.9. The van der Waals surface area contributed by atoms with Crippen molar-refractivity contribution < 1.29 is 14.3 Å². The van der Waals surface area contributed by atoms with E-state index in [0.29, 0.717) is 11.4 Å². The van der Waals surface area contributed by atoms with Gasteiger partial charge < -0.3 is 15.8 Å². The van der Waals surface area contributed by atoms with Crippen molar-refractivity contribution in [3.63, 3.8) is 0 Å². The number of ether oxygens (including phenoxy) is 1. The molecule has 1 aromatic carbocycles. The number of rotatable bonds is 7. The lowest BCUT2D eigenvalue weighted by Crippen LogP contribution is -2.26. The van der Waals surface area contributed by atoms with E-state index in [1.165, 1.54) is 0 Å². The van der Waals surface area contributed by atoms with Crippen molar-refractivity contribution in [2.45, 2.75) is 32.7 Å². The van der Waals surface area contributed by atoms with E-state index in [0.717, 1.165) is 36.5 Å². The van der Waals surface area contributed by atoms with Gasteiger partial charge in [-0.3, -0.25) is 19.6 Å². The Morgan fingerprint density at radius 1 is 1.37 bits per heavy atom. The molecule has 0 fully saturated rings. The van der Waals surface area contributed by atoms with Crippen LogP contribution in [0.5, 0.6) is 5.75 Å². The van der Waals surface area contributed by atoms with Gasteiger partial charge in [0.25, 0.3) is 5.91 Å². The Kier molecular flexibility index (Phi) is 5.46. The van der Waals surface area contributed by atoms with Gasteiger partial charge in [-0.2, -0.15) is 5.10 Å². The van der Waals surface area contributed by atoms with Gasteiger partial charge in [0.2, 0.25) is 5.91 Å². The zero-order valence-corrected chi connectivity index (χ0v) is 15.8. The summed E-state index contributed by atoms with van der Waals surface area (Å²) >= 11 is 0. The molecular weight excluding hydrogens is 346 g/mol. The number of aromatic nitrogens is 2. The van der Waals surface area contributed by atoms with Crippen molar-refractivity contribution >= 4 is 17.6 Å². The number of methoxy groups -OCH3 is 1. The molecule has 0 bridgehead atoms. The van der Waals surface area contributed by atoms with Crippen LogP contribution in [0.4, 0.5) is 5.82 Å². The highest BCUT2D eigenvalue weighted by molar-refractivity contribution is 6.00. The molecule has 2 heterocycles. The predicted octanol–water partition coefficient (Wildman–Crippen LogP) is 1.83. The number of nitrogens with two attached hydrogens (primary N) is 1. The summed E-state index contributed by atoms with van der Waals surface area (Å²) in [5.41, 5.74) is 8.32. The molecule has 1 aromatic heterocycles. The number of carbonyl (C=O) groups excluding carboxylic acids is 2. The first-order valence-corrected chi connectivity index (χ1v) is 9.05. The first-order chi connectivity index (χ1) is 13.0. The second-order valence-electron chi connectivity index (χ2n) is 6.56. The monoisotopic (exact) mass is 371 g/mol. The van der Waals surface area contributed by atoms with Crippen molar-refractivity contribution in [2.24, 2.45) is 5.73 Å². The molecule has 1 unspecified atom stereocenters. The highest BCUT2D eigenvalue weighted by Gasteiger charge is 2.33. The van der Waals surface area contributed by atoms with Crippen LogP contribution >= 0.6 is 0 Å². The maximum absolute atomic E-state index is 12.2. The number of nitrogens with zero attached hydrogens (tertiary/aromatic N) is 2. The van der Waals surface area contributed by atoms with Crippen molar-refractivity contribution in [3.8, 4) is 5.75 Å². The molecule has 1 atom stereocenters. The van der Waals surface area contributed by atoms with Crippen molar-refractivity contribution in [3.05, 3.63) is 40.6 Å². The van der Waals surface area contributed by atoms with Crippen LogP contribution < -0.4 is 15.8 Å². The topological polar surface area (TPSA) is 113 Å². The van der Waals surface area contributed by atoms with E-state index in [1.807, 2.05) is 18.2 Å². The summed E-state index contributed by atoms with van der Waals surface area (Å²) < 4.78 is 5.52. The third-order valence-corrected chi connectivity index (χ3v) is 5.04. The van der Waals surface area contributed by atoms with Crippen LogP contribution in [0.25, 0.3) is 0 Å². The fourth-order valence-electron chi connectivity index (χ4n) is 3.56. The van der Waals surface area contributed by atoms with Crippen molar-refractivity contribution in [2.75, 3.05) is 25.5 Å². The normalized spacial score (nSPS) is 16.1. The Bertz CT molecular complexity index is 857. The molecule has 0 saturated heterocycles. The maximum Gasteiger partial charge on any atom is 0.267 e. The van der Waals surface area contributed by atoms with Gasteiger partial charge in [-0.1, -0.05) is 26.0 Å². The minimum Gasteiger partial charge on any atom is -0.496 e. The quantitative estimate of drug-likeness (QED) is 0.687. The van der Waals surface area contributed by atoms with Crippen molar-refractivity contribution in [1.82, 2.24) is 15.1 Å². The maximum atomic E-state index is 12.2. The minimum atomic E-state index is -0.596. The molecule has 0 saturated carbocycles. The van der Waals surface area contributed by atoms with E-state index >= 15 is 0 Å². The van der Waals surface area contributed by atoms with Gasteiger partial charge in [-0.25, -0.2) is 0 Å². The average Bonchev–Trinajstić information content (AvgIpc) is 3.09. The number of fused-ring (bicyclic) bond motifs is 1. The number of H-pyrrole nitrogens is 1. The summed E-state index contributed by atoms with van der Waals surface area (Å²) in [5.74, 6) is 0.133. The molecular formula is C19H25N5O3. The predicted molar refractivity (Wildman–Crippen MR) is 102 cm³/mol. The first-order valence-electron chi connectivity index (χ1n) is 9.05. The average molecular weight is 371 g/mol. The Labute approximate surface area is 158 Å². The molecule has 0 radical (unpaired) electrons. The number of aromatic amines is 1. The highest BCUT2D eigenvalue weighted by atomic mass is 16.5. The molecule has 0 aliphatic carbocycles. The van der Waals surface area contributed by atoms with E-state index in [9.17, 15) is 9.59 Å². The van der Waals surface area contributed by atoms with Crippen molar-refractivity contribution in [1.29, 1.82) is 0 Å². The van der Waals surface area contributed by atoms with Crippen LogP contribution in [0.3, 0.4) is 0 Å². The van der Waals surface area contributed by atoms with E-state index in [-0.39, 0.29) is 23.9 Å². The Morgan fingerprint density at radius 3 is 2.74 bits per heavy atom. The van der Waals surface area contributed by atoms with Crippen LogP contribution in [0.1, 0.15) is 53.4 Å². The second kappa shape index (κ2) is 7.79. The second-order valence-corrected chi connectivity index (χ2v) is 6.56. The molecule has 27 heavy (non-hydrogen) atoms. The number of benzene rings is 1. The van der Waals surface area contributed by atoms with E-state index in [4.69, 9.17) is 10.5 Å². The summed E-state index contributed by atoms with van der Waals surface area (Å²) in [5, 5.41) is 9.40. The number of nitrogens with one attached hydrogen (secondary N) is 2. The van der Waals surface area contributed by atoms with Crippen LogP contribution in [0, 0.1) is 0 Å². The molecule has 0 spiro atoms. The number of anilines is 1. The third-order valence-electron chi connectivity index (χ3n) is 5.04. The SMILES string of the molecule is CCN(CC)Cc1cc(C2CC(=O)Nc3n[nH]c(C(N)=O)c32)ccc1OC. The van der Waals surface area contributed by atoms with Gasteiger partial charge in [-0.15, -0.1) is 0 Å². The molecule has 3 rings (SSSR count). The largest absolute Gasteiger partial charge is 0.496 e. The minimum absolute atomic E-state index is 0.142. The zero-order chi connectivity index (χ0) is 19.6. The number of carbonyl (C=O) groups is 2. The van der Waals surface area contributed by atoms with Crippen LogP contribution in [0.2, 0.25) is 0 Å². The van der Waals surface area contributed by atoms with Gasteiger partial charge in [-0.05, 0) is 24.7 Å². The summed E-state index contributed by atoms with van der Waals surface area (Å²) in [6.07, 6.45) is 0.226. The Hall–Kier alpha value is -2.87. The lowest BCUT2D eigenvalue weighted by Gasteiger charge is -2.25. The van der Waals surface area contributed by atoms with E-state index in [2.05, 4.69) is 34.3 Å². The number of primary amides is 1. The molecule has 1 aliphatic heterocycles. The third kappa shape index (κ3) is 3.66. The van der Waals surface area contributed by atoms with Crippen LogP contribution in [0.15, 0.2) is 18.2 Å². The van der Waals surface area contributed by atoms with Crippen LogP contribution in [-0.2, 0) is 11.3 Å². The molecule has 8 nitrogen and oxygen atoms in total. The number of amides is 2. The van der Waals surface area contributed by atoms with Gasteiger partial charge in [0.15, 0.2) is 5.82 Å². The van der Waals surface area contributed by atoms with Gasteiger partial charge >= 0.3 is 0 Å². The molecule has 8 heteroatoms. The lowest BCUT2D eigenvalue weighted by atomic mass is 9.84. The fraction of sp³-hybridized carbons (Fsp3) is 0.421. The van der Waals surface area contributed by atoms with E-state index < -0.39 is 5.91 Å². The summed E-state index contributed by atoms with van der Waals surface area (Å²) in [4.78, 5) is 26.2. The smallest absolute Gasteiger partial charge is 0.267 e. The van der Waals surface area contributed by atoms with Gasteiger partial charge in [0.05, 0.1) is 7.11 Å². The van der Waals surface area contributed by atoms with E-state index in [1.54, 1.807) is 7.11 Å². The molecule has 2 amide bonds. The standard InChI is InChI=1S/C19H25N5O3/c1-4-24(5-2)10-12-8-11(6-7-14(12)27-3)13-9-15(25)21-19-16(13)17(18(20)26)22-23-19/h6-8,13H,4-5,9-10H2,1-3H3,(H2,20,26)(H2,21,22,23,25). The van der Waals surface area contributed by atoms with Crippen LogP contribution in [-0.4, -0.2) is 47.1 Å². The number of hydrogen-bond acceptors (Lipinski definition) is 5. The highest BCUT2D eigenvalue weighted by Crippen LogP contribution is 2.39. The summed E-state index contributed by atoms with van der Waals surface area (Å²) in [7, 11) is 1.65. The van der Waals surface area contributed by atoms with Gasteiger partial charge in [0.1, 0.15) is 11.4 Å². The molecule has 144 valence electrons. The van der Waals surface area contributed by atoms with Gasteiger partial charge in [0, 0.05) is 30.0 Å². The fourth-order valence-corrected chi connectivity index (χ4v) is 3.56. The molecule has 1 aliphatic rings. The Balaban J connectivity index is 2.05. The zero-order valence-electron chi connectivity index (χ0n) is 15.8. The molecule has 2 aromatic rings. The summed E-state index contributed by atoms with van der Waals surface area (Å²) in [6.45, 7) is 6.81. The Morgan fingerprint density at radius 2 is 2.11 bits per heavy atom. The molecule has 4 N–H and O–H groups in total.